The lowest BCUT2D eigenvalue weighted by atomic mass is 10.0. The van der Waals surface area contributed by atoms with Crippen LogP contribution in [0.15, 0.2) is 58.6 Å². The number of pyridine rings is 1. The molecule has 1 aliphatic rings. The van der Waals surface area contributed by atoms with Crippen molar-refractivity contribution in [3.8, 4) is 5.69 Å². The Morgan fingerprint density at radius 1 is 1.00 bits per heavy atom. The Bertz CT molecular complexity index is 1240. The van der Waals surface area contributed by atoms with E-state index in [1.165, 1.54) is 41.1 Å². The zero-order chi connectivity index (χ0) is 23.5. The Balaban J connectivity index is 1.84. The number of hydrogen-bond donors (Lipinski definition) is 1. The summed E-state index contributed by atoms with van der Waals surface area (Å²) >= 11 is 0. The lowest BCUT2D eigenvalue weighted by Crippen LogP contribution is -2.31. The maximum atomic E-state index is 14.7. The van der Waals surface area contributed by atoms with E-state index in [9.17, 15) is 18.0 Å². The quantitative estimate of drug-likeness (QED) is 0.459. The second-order valence-electron chi connectivity index (χ2n) is 8.13. The normalized spacial score (nSPS) is 15.0. The molecule has 0 aliphatic carbocycles. The lowest BCUT2D eigenvalue weighted by molar-refractivity contribution is 0.0378. The molecule has 1 N–H and O–H groups in total. The van der Waals surface area contributed by atoms with Crippen molar-refractivity contribution >= 4 is 5.71 Å². The van der Waals surface area contributed by atoms with Crippen LogP contribution < -0.4 is 10.9 Å². The minimum Gasteiger partial charge on any atom is -0.392 e. The first-order chi connectivity index (χ1) is 15.8. The monoisotopic (exact) mass is 455 g/mol. The first-order valence-corrected chi connectivity index (χ1v) is 10.7. The number of aromatic nitrogens is 1. The summed E-state index contributed by atoms with van der Waals surface area (Å²) in [4.78, 5) is 18.4. The van der Waals surface area contributed by atoms with Gasteiger partial charge in [0.1, 0.15) is 29.3 Å². The van der Waals surface area contributed by atoms with Crippen molar-refractivity contribution in [1.29, 1.82) is 0 Å². The Kier molecular flexibility index (Phi) is 6.65. The zero-order valence-corrected chi connectivity index (χ0v) is 18.4. The third-order valence-corrected chi connectivity index (χ3v) is 5.65. The van der Waals surface area contributed by atoms with Crippen molar-refractivity contribution in [2.75, 3.05) is 13.1 Å². The molecule has 1 fully saturated rings. The summed E-state index contributed by atoms with van der Waals surface area (Å²) in [7, 11) is 0. The molecule has 4 rings (SSSR count). The van der Waals surface area contributed by atoms with Crippen LogP contribution in [-0.2, 0) is 4.84 Å². The SMILES string of the molecule is Cc1cc(F)cc(C)c1-n1cc(C(=NOC2CCNCC2)c2ccc(F)cc2F)ccc1=O. The topological polar surface area (TPSA) is 55.6 Å². The van der Waals surface area contributed by atoms with Gasteiger partial charge in [0, 0.05) is 29.5 Å². The molecule has 5 nitrogen and oxygen atoms in total. The predicted molar refractivity (Wildman–Crippen MR) is 120 cm³/mol. The van der Waals surface area contributed by atoms with Gasteiger partial charge in [-0.3, -0.25) is 9.36 Å². The number of nitrogens with one attached hydrogen (secondary N) is 1. The summed E-state index contributed by atoms with van der Waals surface area (Å²) in [6.07, 6.45) is 2.87. The van der Waals surface area contributed by atoms with Crippen molar-refractivity contribution < 1.29 is 18.0 Å². The Morgan fingerprint density at radius 2 is 1.70 bits per heavy atom. The van der Waals surface area contributed by atoms with Crippen LogP contribution in [0.1, 0.15) is 35.1 Å². The second kappa shape index (κ2) is 9.62. The molecule has 0 atom stereocenters. The highest BCUT2D eigenvalue weighted by molar-refractivity contribution is 6.12. The molecule has 0 saturated carbocycles. The van der Waals surface area contributed by atoms with Gasteiger partial charge in [-0.25, -0.2) is 13.2 Å². The van der Waals surface area contributed by atoms with Gasteiger partial charge < -0.3 is 10.2 Å². The molecule has 1 saturated heterocycles. The van der Waals surface area contributed by atoms with Crippen LogP contribution in [0.25, 0.3) is 5.69 Å². The van der Waals surface area contributed by atoms with Gasteiger partial charge in [-0.2, -0.15) is 0 Å². The van der Waals surface area contributed by atoms with E-state index < -0.39 is 17.5 Å². The third kappa shape index (κ3) is 5.01. The van der Waals surface area contributed by atoms with Gasteiger partial charge in [0.15, 0.2) is 0 Å². The minimum atomic E-state index is -0.797. The van der Waals surface area contributed by atoms with E-state index in [-0.39, 0.29) is 22.9 Å². The highest BCUT2D eigenvalue weighted by Crippen LogP contribution is 2.22. The molecule has 172 valence electrons. The Labute approximate surface area is 189 Å². The second-order valence-corrected chi connectivity index (χ2v) is 8.13. The van der Waals surface area contributed by atoms with Crippen LogP contribution in [0.3, 0.4) is 0 Å². The molecule has 0 bridgehead atoms. The largest absolute Gasteiger partial charge is 0.392 e. The molecule has 0 spiro atoms. The van der Waals surface area contributed by atoms with Crippen LogP contribution in [0.2, 0.25) is 0 Å². The van der Waals surface area contributed by atoms with E-state index >= 15 is 0 Å². The van der Waals surface area contributed by atoms with Gasteiger partial charge in [-0.1, -0.05) is 5.16 Å². The molecule has 0 amide bonds. The fourth-order valence-corrected chi connectivity index (χ4v) is 4.05. The Hall–Kier alpha value is -3.39. The molecule has 33 heavy (non-hydrogen) atoms. The van der Waals surface area contributed by atoms with Crippen LogP contribution in [0, 0.1) is 31.3 Å². The summed E-state index contributed by atoms with van der Waals surface area (Å²) in [6.45, 7) is 4.99. The number of piperidine rings is 1. The molecule has 0 unspecified atom stereocenters. The van der Waals surface area contributed by atoms with Gasteiger partial charge in [0.05, 0.1) is 5.69 Å². The number of aryl methyl sites for hydroxylation is 2. The smallest absolute Gasteiger partial charge is 0.255 e. The molecule has 2 aromatic carbocycles. The zero-order valence-electron chi connectivity index (χ0n) is 18.4. The van der Waals surface area contributed by atoms with Crippen LogP contribution in [-0.4, -0.2) is 29.5 Å². The summed E-state index contributed by atoms with van der Waals surface area (Å²) < 4.78 is 43.5. The van der Waals surface area contributed by atoms with Crippen molar-refractivity contribution in [3.05, 3.63) is 98.7 Å². The molecule has 1 aliphatic heterocycles. The maximum Gasteiger partial charge on any atom is 0.255 e. The summed E-state index contributed by atoms with van der Waals surface area (Å²) in [6, 6.07) is 8.74. The fraction of sp³-hybridized carbons (Fsp3) is 0.280. The van der Waals surface area contributed by atoms with Crippen LogP contribution >= 0.6 is 0 Å². The highest BCUT2D eigenvalue weighted by atomic mass is 19.1. The third-order valence-electron chi connectivity index (χ3n) is 5.65. The Morgan fingerprint density at radius 3 is 2.36 bits per heavy atom. The molecule has 0 radical (unpaired) electrons. The van der Waals surface area contributed by atoms with E-state index in [2.05, 4.69) is 10.5 Å². The predicted octanol–water partition coefficient (Wildman–Crippen LogP) is 4.39. The molecule has 3 aromatic rings. The van der Waals surface area contributed by atoms with E-state index in [1.54, 1.807) is 13.8 Å². The summed E-state index contributed by atoms with van der Waals surface area (Å²) in [5.41, 5.74) is 1.92. The molecule has 2 heterocycles. The van der Waals surface area contributed by atoms with Crippen LogP contribution in [0.4, 0.5) is 13.2 Å². The molecule has 8 heteroatoms. The number of rotatable bonds is 5. The first kappa shape index (κ1) is 22.8. The number of hydrogen-bond acceptors (Lipinski definition) is 4. The van der Waals surface area contributed by atoms with Gasteiger partial charge in [-0.05, 0) is 81.2 Å². The van der Waals surface area contributed by atoms with Crippen molar-refractivity contribution in [2.45, 2.75) is 32.8 Å². The summed E-state index contributed by atoms with van der Waals surface area (Å²) in [5.74, 6) is -1.91. The lowest BCUT2D eigenvalue weighted by Gasteiger charge is -2.21. The van der Waals surface area contributed by atoms with Gasteiger partial charge in [-0.15, -0.1) is 0 Å². The van der Waals surface area contributed by atoms with E-state index in [1.807, 2.05) is 0 Å². The maximum absolute atomic E-state index is 14.7. The molecular weight excluding hydrogens is 431 g/mol. The van der Waals surface area contributed by atoms with E-state index in [0.717, 1.165) is 38.1 Å². The number of oxime groups is 1. The van der Waals surface area contributed by atoms with E-state index in [4.69, 9.17) is 4.84 Å². The van der Waals surface area contributed by atoms with Gasteiger partial charge >= 0.3 is 0 Å². The number of halogens is 3. The van der Waals surface area contributed by atoms with Crippen molar-refractivity contribution in [3.63, 3.8) is 0 Å². The van der Waals surface area contributed by atoms with Crippen LogP contribution in [0.5, 0.6) is 0 Å². The fourth-order valence-electron chi connectivity index (χ4n) is 4.05. The van der Waals surface area contributed by atoms with Gasteiger partial charge in [0.2, 0.25) is 0 Å². The molecule has 1 aromatic heterocycles. The van der Waals surface area contributed by atoms with Crippen molar-refractivity contribution in [2.24, 2.45) is 5.16 Å². The highest BCUT2D eigenvalue weighted by Gasteiger charge is 2.19. The standard InChI is InChI=1S/C25H24F3N3O2/c1-15-11-19(27)12-16(2)25(15)31-14-17(3-6-23(31)32)24(21-5-4-18(26)13-22(21)28)30-33-20-7-9-29-10-8-20/h3-6,11-14,20,29H,7-10H2,1-2H3. The number of nitrogens with zero attached hydrogens (tertiary/aromatic N) is 2. The first-order valence-electron chi connectivity index (χ1n) is 10.7. The summed E-state index contributed by atoms with van der Waals surface area (Å²) in [5, 5.41) is 7.49. The van der Waals surface area contributed by atoms with Gasteiger partial charge in [0.25, 0.3) is 5.56 Å². The average molecular weight is 455 g/mol. The minimum absolute atomic E-state index is 0.0445. The number of benzene rings is 2. The average Bonchev–Trinajstić information content (AvgIpc) is 2.77. The molecular formula is C25H24F3N3O2. The van der Waals surface area contributed by atoms with E-state index in [0.29, 0.717) is 22.4 Å². The van der Waals surface area contributed by atoms with Crippen molar-refractivity contribution in [1.82, 2.24) is 9.88 Å².